The quantitative estimate of drug-likeness (QED) is 0.644. The van der Waals surface area contributed by atoms with E-state index >= 15 is 0 Å². The molecule has 1 saturated heterocycles. The number of nitrogens with one attached hydrogen (secondary N) is 2. The topological polar surface area (TPSA) is 83.8 Å². The summed E-state index contributed by atoms with van der Waals surface area (Å²) >= 11 is 0. The van der Waals surface area contributed by atoms with Crippen LogP contribution < -0.4 is 21.2 Å². The van der Waals surface area contributed by atoms with E-state index < -0.39 is 6.09 Å². The standard InChI is InChI=1S/C23H33N3O4/c1-4-26(5-2)18-6-7-19-16(3)20(22(27)30-21(19)14-18)10-13-29-23(28)25-15-17-8-11-24-12-9-17/h6-7,14,17,24H,4-5,8-13,15H2,1-3H3,(H,25,28). The summed E-state index contributed by atoms with van der Waals surface area (Å²) in [5.41, 5.74) is 2.70. The van der Waals surface area contributed by atoms with Gasteiger partial charge in [-0.3, -0.25) is 0 Å². The van der Waals surface area contributed by atoms with Crippen LogP contribution >= 0.6 is 0 Å². The number of aryl methyl sites for hydroxylation is 1. The highest BCUT2D eigenvalue weighted by molar-refractivity contribution is 5.84. The van der Waals surface area contributed by atoms with Gasteiger partial charge < -0.3 is 24.7 Å². The van der Waals surface area contributed by atoms with E-state index in [1.54, 1.807) is 0 Å². The molecule has 1 fully saturated rings. The van der Waals surface area contributed by atoms with Crippen molar-refractivity contribution in [3.8, 4) is 0 Å². The number of anilines is 1. The number of fused-ring (bicyclic) bond motifs is 1. The lowest BCUT2D eigenvalue weighted by Crippen LogP contribution is -2.36. The van der Waals surface area contributed by atoms with E-state index in [4.69, 9.17) is 9.15 Å². The number of rotatable bonds is 8. The Morgan fingerprint density at radius 3 is 2.70 bits per heavy atom. The van der Waals surface area contributed by atoms with Crippen molar-refractivity contribution in [3.05, 3.63) is 39.7 Å². The molecule has 30 heavy (non-hydrogen) atoms. The van der Waals surface area contributed by atoms with Gasteiger partial charge in [0.15, 0.2) is 0 Å². The number of hydrogen-bond donors (Lipinski definition) is 2. The van der Waals surface area contributed by atoms with Gasteiger partial charge >= 0.3 is 11.7 Å². The number of nitrogens with zero attached hydrogens (tertiary/aromatic N) is 1. The van der Waals surface area contributed by atoms with Gasteiger partial charge in [0.05, 0.1) is 6.61 Å². The van der Waals surface area contributed by atoms with Crippen LogP contribution in [-0.4, -0.2) is 45.4 Å². The molecule has 0 unspecified atom stereocenters. The molecule has 2 aromatic rings. The molecule has 0 radical (unpaired) electrons. The van der Waals surface area contributed by atoms with Crippen molar-refractivity contribution in [1.29, 1.82) is 0 Å². The maximum atomic E-state index is 12.5. The summed E-state index contributed by atoms with van der Waals surface area (Å²) in [6.45, 7) is 10.7. The molecule has 0 bridgehead atoms. The van der Waals surface area contributed by atoms with Crippen molar-refractivity contribution in [3.63, 3.8) is 0 Å². The van der Waals surface area contributed by atoms with Crippen LogP contribution in [0.15, 0.2) is 27.4 Å². The average Bonchev–Trinajstić information content (AvgIpc) is 2.76. The maximum Gasteiger partial charge on any atom is 0.407 e. The van der Waals surface area contributed by atoms with Crippen molar-refractivity contribution in [2.24, 2.45) is 5.92 Å². The van der Waals surface area contributed by atoms with Gasteiger partial charge in [0.2, 0.25) is 0 Å². The molecule has 0 aliphatic carbocycles. The fourth-order valence-corrected chi connectivity index (χ4v) is 4.07. The number of hydrogen-bond acceptors (Lipinski definition) is 6. The third-order valence-electron chi connectivity index (χ3n) is 5.98. The minimum absolute atomic E-state index is 0.146. The number of piperidine rings is 1. The molecule has 2 N–H and O–H groups in total. The lowest BCUT2D eigenvalue weighted by molar-refractivity contribution is 0.144. The molecule has 1 aromatic heterocycles. The average molecular weight is 416 g/mol. The fraction of sp³-hybridized carbons (Fsp3) is 0.565. The number of carbonyl (C=O) groups is 1. The smallest absolute Gasteiger partial charge is 0.407 e. The van der Waals surface area contributed by atoms with Gasteiger partial charge in [-0.2, -0.15) is 0 Å². The van der Waals surface area contributed by atoms with Gasteiger partial charge in [-0.1, -0.05) is 0 Å². The van der Waals surface area contributed by atoms with Crippen LogP contribution in [0.1, 0.15) is 37.8 Å². The molecule has 3 rings (SSSR count). The Balaban J connectivity index is 1.61. The van der Waals surface area contributed by atoms with Gasteiger partial charge in [0.1, 0.15) is 5.58 Å². The molecule has 7 nitrogen and oxygen atoms in total. The van der Waals surface area contributed by atoms with Gasteiger partial charge in [-0.15, -0.1) is 0 Å². The third-order valence-corrected chi connectivity index (χ3v) is 5.98. The predicted octanol–water partition coefficient (Wildman–Crippen LogP) is 3.22. The van der Waals surface area contributed by atoms with Crippen molar-refractivity contribution in [2.75, 3.05) is 44.2 Å². The van der Waals surface area contributed by atoms with Crippen LogP contribution in [0.2, 0.25) is 0 Å². The summed E-state index contributed by atoms with van der Waals surface area (Å²) in [7, 11) is 0. The Morgan fingerprint density at radius 1 is 1.27 bits per heavy atom. The lowest BCUT2D eigenvalue weighted by Gasteiger charge is -2.22. The summed E-state index contributed by atoms with van der Waals surface area (Å²) < 4.78 is 10.9. The molecule has 1 aliphatic heterocycles. The van der Waals surface area contributed by atoms with E-state index in [0.29, 0.717) is 30.0 Å². The van der Waals surface area contributed by atoms with Gasteiger partial charge in [-0.05, 0) is 70.3 Å². The van der Waals surface area contributed by atoms with Crippen LogP contribution in [-0.2, 0) is 11.2 Å². The Morgan fingerprint density at radius 2 is 2.00 bits per heavy atom. The van der Waals surface area contributed by atoms with Crippen LogP contribution in [0, 0.1) is 12.8 Å². The number of carbonyl (C=O) groups excluding carboxylic acids is 1. The van der Waals surface area contributed by atoms with Gasteiger partial charge in [0, 0.05) is 48.8 Å². The molecule has 0 atom stereocenters. The van der Waals surface area contributed by atoms with Crippen molar-refractivity contribution < 1.29 is 13.9 Å². The molecular weight excluding hydrogens is 382 g/mol. The van der Waals surface area contributed by atoms with E-state index in [1.165, 1.54) is 0 Å². The highest BCUT2D eigenvalue weighted by atomic mass is 16.5. The fourth-order valence-electron chi connectivity index (χ4n) is 4.07. The first-order valence-corrected chi connectivity index (χ1v) is 11.0. The second-order valence-electron chi connectivity index (χ2n) is 7.81. The molecule has 164 valence electrons. The highest BCUT2D eigenvalue weighted by Gasteiger charge is 2.16. The van der Waals surface area contributed by atoms with E-state index in [2.05, 4.69) is 35.4 Å². The second-order valence-corrected chi connectivity index (χ2v) is 7.81. The second kappa shape index (κ2) is 10.5. The summed E-state index contributed by atoms with van der Waals surface area (Å²) in [6.07, 6.45) is 2.03. The Hall–Kier alpha value is -2.54. The van der Waals surface area contributed by atoms with E-state index in [0.717, 1.165) is 55.7 Å². The van der Waals surface area contributed by atoms with E-state index in [9.17, 15) is 9.59 Å². The SMILES string of the molecule is CCN(CC)c1ccc2c(C)c(CCOC(=O)NCC3CCNCC3)c(=O)oc2c1. The first-order valence-electron chi connectivity index (χ1n) is 11.0. The van der Waals surface area contributed by atoms with Gasteiger partial charge in [0.25, 0.3) is 0 Å². The predicted molar refractivity (Wildman–Crippen MR) is 119 cm³/mol. The zero-order chi connectivity index (χ0) is 21.5. The zero-order valence-corrected chi connectivity index (χ0v) is 18.3. The summed E-state index contributed by atoms with van der Waals surface area (Å²) in [5.74, 6) is 0.495. The van der Waals surface area contributed by atoms with Crippen LogP contribution in [0.25, 0.3) is 11.0 Å². The van der Waals surface area contributed by atoms with Crippen LogP contribution in [0.5, 0.6) is 0 Å². The molecular formula is C23H33N3O4. The molecule has 0 saturated carbocycles. The van der Waals surface area contributed by atoms with Crippen molar-refractivity contribution in [1.82, 2.24) is 10.6 Å². The minimum Gasteiger partial charge on any atom is -0.449 e. The van der Waals surface area contributed by atoms with Crippen LogP contribution in [0.3, 0.4) is 0 Å². The molecule has 2 heterocycles. The first-order chi connectivity index (χ1) is 14.5. The highest BCUT2D eigenvalue weighted by Crippen LogP contribution is 2.25. The number of amides is 1. The molecule has 7 heteroatoms. The van der Waals surface area contributed by atoms with E-state index in [1.807, 2.05) is 19.1 Å². The van der Waals surface area contributed by atoms with E-state index in [-0.39, 0.29) is 12.2 Å². The lowest BCUT2D eigenvalue weighted by atomic mass is 9.98. The number of alkyl carbamates (subject to hydrolysis) is 1. The Labute approximate surface area is 177 Å². The van der Waals surface area contributed by atoms with Crippen molar-refractivity contribution in [2.45, 2.75) is 40.0 Å². The first kappa shape index (κ1) is 22.2. The maximum absolute atomic E-state index is 12.5. The summed E-state index contributed by atoms with van der Waals surface area (Å²) in [6, 6.07) is 5.97. The number of benzene rings is 1. The summed E-state index contributed by atoms with van der Waals surface area (Å²) in [4.78, 5) is 26.7. The molecule has 1 aromatic carbocycles. The zero-order valence-electron chi connectivity index (χ0n) is 18.3. The Kier molecular flexibility index (Phi) is 7.74. The molecule has 0 spiro atoms. The van der Waals surface area contributed by atoms with Crippen molar-refractivity contribution >= 4 is 22.7 Å². The normalized spacial score (nSPS) is 14.6. The monoisotopic (exact) mass is 415 g/mol. The van der Waals surface area contributed by atoms with Crippen LogP contribution in [0.4, 0.5) is 10.5 Å². The Bertz CT molecular complexity index is 915. The molecule has 1 amide bonds. The summed E-state index contributed by atoms with van der Waals surface area (Å²) in [5, 5.41) is 7.05. The minimum atomic E-state index is -0.430. The molecule has 1 aliphatic rings. The third kappa shape index (κ3) is 5.33. The largest absolute Gasteiger partial charge is 0.449 e. The number of ether oxygens (including phenoxy) is 1. The van der Waals surface area contributed by atoms with Gasteiger partial charge in [-0.25, -0.2) is 9.59 Å².